The second-order valence-corrected chi connectivity index (χ2v) is 7.48. The smallest absolute Gasteiger partial charge is 0.194 e. The molecule has 2 heterocycles. The third-order valence-electron chi connectivity index (χ3n) is 5.67. The van der Waals surface area contributed by atoms with Crippen LogP contribution in [0.15, 0.2) is 29.3 Å². The summed E-state index contributed by atoms with van der Waals surface area (Å²) in [6.45, 7) is 10.3. The summed E-state index contributed by atoms with van der Waals surface area (Å²) in [5.74, 6) is 1.37. The summed E-state index contributed by atoms with van der Waals surface area (Å²) >= 11 is 0. The SMILES string of the molecule is CCNC(=NCC1CCCN1CCOC)N1CCN(c2ccccc2O)CC1. The molecule has 0 aliphatic carbocycles. The van der Waals surface area contributed by atoms with Crippen LogP contribution in [-0.4, -0.2) is 93.0 Å². The Kier molecular flexibility index (Phi) is 7.80. The van der Waals surface area contributed by atoms with Crippen molar-refractivity contribution in [3.63, 3.8) is 0 Å². The number of nitrogens with zero attached hydrogens (tertiary/aromatic N) is 4. The molecule has 1 atom stereocenters. The molecule has 1 aromatic rings. The van der Waals surface area contributed by atoms with Gasteiger partial charge in [-0.3, -0.25) is 9.89 Å². The Morgan fingerprint density at radius 2 is 2.00 bits per heavy atom. The number of phenols is 1. The maximum absolute atomic E-state index is 10.1. The summed E-state index contributed by atoms with van der Waals surface area (Å²) in [6, 6.07) is 8.10. The van der Waals surface area contributed by atoms with E-state index in [0.717, 1.165) is 70.6 Å². The molecule has 156 valence electrons. The number of para-hydroxylation sites is 2. The molecule has 2 aliphatic rings. The molecule has 0 saturated carbocycles. The fourth-order valence-electron chi connectivity index (χ4n) is 4.11. The van der Waals surface area contributed by atoms with Crippen molar-refractivity contribution in [3.8, 4) is 5.75 Å². The van der Waals surface area contributed by atoms with E-state index in [0.29, 0.717) is 11.8 Å². The second kappa shape index (κ2) is 10.5. The fourth-order valence-corrected chi connectivity index (χ4v) is 4.11. The first-order chi connectivity index (χ1) is 13.7. The Morgan fingerprint density at radius 3 is 2.71 bits per heavy atom. The van der Waals surface area contributed by atoms with Crippen molar-refractivity contribution in [3.05, 3.63) is 24.3 Å². The maximum Gasteiger partial charge on any atom is 0.194 e. The molecular formula is C21H35N5O2. The highest BCUT2D eigenvalue weighted by Crippen LogP contribution is 2.27. The van der Waals surface area contributed by atoms with Gasteiger partial charge in [-0.2, -0.15) is 0 Å². The minimum absolute atomic E-state index is 0.355. The highest BCUT2D eigenvalue weighted by molar-refractivity contribution is 5.80. The number of likely N-dealkylation sites (tertiary alicyclic amines) is 1. The van der Waals surface area contributed by atoms with Crippen molar-refractivity contribution in [2.24, 2.45) is 4.99 Å². The van der Waals surface area contributed by atoms with Crippen LogP contribution in [-0.2, 0) is 4.74 Å². The van der Waals surface area contributed by atoms with Gasteiger partial charge in [0.25, 0.3) is 0 Å². The molecule has 2 fully saturated rings. The normalized spacial score (nSPS) is 21.4. The molecule has 7 nitrogen and oxygen atoms in total. The van der Waals surface area contributed by atoms with Gasteiger partial charge in [-0.15, -0.1) is 0 Å². The number of ether oxygens (including phenoxy) is 1. The van der Waals surface area contributed by atoms with Gasteiger partial charge >= 0.3 is 0 Å². The zero-order valence-electron chi connectivity index (χ0n) is 17.3. The Morgan fingerprint density at radius 1 is 1.21 bits per heavy atom. The van der Waals surface area contributed by atoms with E-state index in [1.165, 1.54) is 12.8 Å². The van der Waals surface area contributed by atoms with Crippen molar-refractivity contribution in [1.29, 1.82) is 0 Å². The van der Waals surface area contributed by atoms with Crippen LogP contribution < -0.4 is 10.2 Å². The summed E-state index contributed by atoms with van der Waals surface area (Å²) < 4.78 is 5.25. The molecule has 2 aliphatic heterocycles. The van der Waals surface area contributed by atoms with Gasteiger partial charge in [-0.1, -0.05) is 12.1 Å². The zero-order chi connectivity index (χ0) is 19.8. The van der Waals surface area contributed by atoms with E-state index in [9.17, 15) is 5.11 Å². The highest BCUT2D eigenvalue weighted by Gasteiger charge is 2.25. The number of hydrogen-bond acceptors (Lipinski definition) is 5. The maximum atomic E-state index is 10.1. The molecule has 0 aromatic heterocycles. The molecule has 0 amide bonds. The van der Waals surface area contributed by atoms with E-state index >= 15 is 0 Å². The van der Waals surface area contributed by atoms with Crippen molar-refractivity contribution < 1.29 is 9.84 Å². The van der Waals surface area contributed by atoms with Crippen LogP contribution in [0.25, 0.3) is 0 Å². The number of rotatable bonds is 7. The molecule has 0 spiro atoms. The van der Waals surface area contributed by atoms with Crippen LogP contribution in [0.4, 0.5) is 5.69 Å². The number of piperazine rings is 1. The number of hydrogen-bond donors (Lipinski definition) is 2. The molecule has 1 unspecified atom stereocenters. The lowest BCUT2D eigenvalue weighted by molar-refractivity contribution is 0.142. The lowest BCUT2D eigenvalue weighted by atomic mass is 10.2. The minimum Gasteiger partial charge on any atom is -0.506 e. The van der Waals surface area contributed by atoms with Gasteiger partial charge in [0.2, 0.25) is 0 Å². The van der Waals surface area contributed by atoms with Gasteiger partial charge in [0.1, 0.15) is 5.75 Å². The van der Waals surface area contributed by atoms with Crippen LogP contribution in [0.5, 0.6) is 5.75 Å². The largest absolute Gasteiger partial charge is 0.506 e. The first kappa shape index (κ1) is 20.7. The average molecular weight is 390 g/mol. The number of aromatic hydroxyl groups is 1. The molecule has 1 aromatic carbocycles. The van der Waals surface area contributed by atoms with Crippen molar-refractivity contribution >= 4 is 11.6 Å². The second-order valence-electron chi connectivity index (χ2n) is 7.48. The third kappa shape index (κ3) is 5.29. The molecular weight excluding hydrogens is 354 g/mol. The van der Waals surface area contributed by atoms with Crippen molar-refractivity contribution in [2.75, 3.05) is 71.0 Å². The molecule has 3 rings (SSSR count). The standard InChI is InChI=1S/C21H35N5O2/c1-3-22-21(23-17-18-7-6-10-24(18)15-16-28-2)26-13-11-25(12-14-26)19-8-4-5-9-20(19)27/h4-5,8-9,18,27H,3,6-7,10-17H2,1-2H3,(H,22,23). The van der Waals surface area contributed by atoms with E-state index in [1.807, 2.05) is 18.2 Å². The summed E-state index contributed by atoms with van der Waals surface area (Å²) in [6.07, 6.45) is 2.47. The summed E-state index contributed by atoms with van der Waals surface area (Å²) in [5.41, 5.74) is 0.920. The van der Waals surface area contributed by atoms with Gasteiger partial charge in [0.15, 0.2) is 5.96 Å². The molecule has 28 heavy (non-hydrogen) atoms. The number of methoxy groups -OCH3 is 1. The Hall–Kier alpha value is -1.99. The van der Waals surface area contributed by atoms with E-state index in [-0.39, 0.29) is 0 Å². The molecule has 7 heteroatoms. The predicted molar refractivity (Wildman–Crippen MR) is 114 cm³/mol. The van der Waals surface area contributed by atoms with Crippen molar-refractivity contribution in [2.45, 2.75) is 25.8 Å². The molecule has 0 bridgehead atoms. The van der Waals surface area contributed by atoms with Gasteiger partial charge < -0.3 is 25.0 Å². The number of anilines is 1. The fraction of sp³-hybridized carbons (Fsp3) is 0.667. The van der Waals surface area contributed by atoms with Crippen LogP contribution >= 0.6 is 0 Å². The first-order valence-corrected chi connectivity index (χ1v) is 10.5. The van der Waals surface area contributed by atoms with Crippen molar-refractivity contribution in [1.82, 2.24) is 15.1 Å². The van der Waals surface area contributed by atoms with E-state index in [2.05, 4.69) is 26.9 Å². The average Bonchev–Trinajstić information content (AvgIpc) is 3.17. The highest BCUT2D eigenvalue weighted by atomic mass is 16.5. The lowest BCUT2D eigenvalue weighted by Gasteiger charge is -2.38. The summed E-state index contributed by atoms with van der Waals surface area (Å²) in [5, 5.41) is 13.6. The van der Waals surface area contributed by atoms with Gasteiger partial charge in [0, 0.05) is 52.4 Å². The predicted octanol–water partition coefficient (Wildman–Crippen LogP) is 1.59. The Bertz CT molecular complexity index is 631. The van der Waals surface area contributed by atoms with Gasteiger partial charge in [-0.05, 0) is 38.4 Å². The number of benzene rings is 1. The minimum atomic E-state index is 0.355. The van der Waals surface area contributed by atoms with Crippen LogP contribution in [0.1, 0.15) is 19.8 Å². The number of guanidine groups is 1. The monoisotopic (exact) mass is 389 g/mol. The van der Waals surface area contributed by atoms with Crippen LogP contribution in [0, 0.1) is 0 Å². The topological polar surface area (TPSA) is 63.6 Å². The Balaban J connectivity index is 1.57. The third-order valence-corrected chi connectivity index (χ3v) is 5.67. The van der Waals surface area contributed by atoms with E-state index < -0.39 is 0 Å². The quantitative estimate of drug-likeness (QED) is 0.546. The summed E-state index contributed by atoms with van der Waals surface area (Å²) in [4.78, 5) is 12.1. The molecule has 0 radical (unpaired) electrons. The lowest BCUT2D eigenvalue weighted by Crippen LogP contribution is -2.53. The molecule has 2 N–H and O–H groups in total. The van der Waals surface area contributed by atoms with E-state index in [4.69, 9.17) is 9.73 Å². The molecule has 2 saturated heterocycles. The van der Waals surface area contributed by atoms with Crippen LogP contribution in [0.2, 0.25) is 0 Å². The first-order valence-electron chi connectivity index (χ1n) is 10.5. The van der Waals surface area contributed by atoms with Gasteiger partial charge in [-0.25, -0.2) is 0 Å². The van der Waals surface area contributed by atoms with E-state index in [1.54, 1.807) is 13.2 Å². The van der Waals surface area contributed by atoms with Gasteiger partial charge in [0.05, 0.1) is 18.8 Å². The van der Waals surface area contributed by atoms with Crippen LogP contribution in [0.3, 0.4) is 0 Å². The number of phenolic OH excluding ortho intramolecular Hbond substituents is 1. The number of nitrogens with one attached hydrogen (secondary N) is 1. The Labute approximate surface area is 169 Å². The zero-order valence-corrected chi connectivity index (χ0v) is 17.3. The summed E-state index contributed by atoms with van der Waals surface area (Å²) in [7, 11) is 1.77. The number of aliphatic imine (C=N–C) groups is 1.